The molecule has 0 aromatic rings. The summed E-state index contributed by atoms with van der Waals surface area (Å²) in [6.07, 6.45) is 1.82. The Bertz CT molecular complexity index is 242. The van der Waals surface area contributed by atoms with Crippen LogP contribution in [0.4, 0.5) is 0 Å². The molecule has 2 aliphatic carbocycles. The van der Waals surface area contributed by atoms with Crippen LogP contribution in [0, 0.1) is 17.3 Å². The largest absolute Gasteiger partial charge is 0.298 e. The monoisotopic (exact) mass is 230 g/mol. The average Bonchev–Trinajstić information content (AvgIpc) is 2.37. The Morgan fingerprint density at radius 2 is 1.92 bits per heavy atom. The summed E-state index contributed by atoms with van der Waals surface area (Å²) >= 11 is 3.53. The van der Waals surface area contributed by atoms with Crippen molar-refractivity contribution in [1.82, 2.24) is 0 Å². The fraction of sp³-hybridized carbons (Fsp3) is 0.900. The Labute approximate surface area is 82.0 Å². The third-order valence-electron chi connectivity index (χ3n) is 3.88. The fourth-order valence-corrected chi connectivity index (χ4v) is 3.12. The number of fused-ring (bicyclic) bond motifs is 1. The lowest BCUT2D eigenvalue weighted by atomic mass is 9.89. The molecule has 0 spiro atoms. The molecule has 2 heteroatoms. The Kier molecular flexibility index (Phi) is 1.56. The summed E-state index contributed by atoms with van der Waals surface area (Å²) in [6, 6.07) is 0. The van der Waals surface area contributed by atoms with Crippen molar-refractivity contribution in [2.24, 2.45) is 17.3 Å². The first-order chi connectivity index (χ1) is 5.36. The third-order valence-corrected chi connectivity index (χ3v) is 4.64. The zero-order valence-electron chi connectivity index (χ0n) is 7.86. The SMILES string of the molecule is CC1(Br)CC2C(CC1=O)C2(C)C. The van der Waals surface area contributed by atoms with Gasteiger partial charge in [0.15, 0.2) is 0 Å². The fourth-order valence-electron chi connectivity index (χ4n) is 2.61. The second kappa shape index (κ2) is 2.14. The molecule has 0 amide bonds. The second-order valence-electron chi connectivity index (χ2n) is 5.06. The van der Waals surface area contributed by atoms with Crippen molar-refractivity contribution in [2.75, 3.05) is 0 Å². The van der Waals surface area contributed by atoms with E-state index < -0.39 is 0 Å². The van der Waals surface area contributed by atoms with Gasteiger partial charge in [-0.25, -0.2) is 0 Å². The maximum absolute atomic E-state index is 11.6. The summed E-state index contributed by atoms with van der Waals surface area (Å²) in [7, 11) is 0. The first-order valence-electron chi connectivity index (χ1n) is 4.58. The van der Waals surface area contributed by atoms with Gasteiger partial charge in [-0.05, 0) is 30.6 Å². The van der Waals surface area contributed by atoms with Gasteiger partial charge in [0.25, 0.3) is 0 Å². The molecule has 2 saturated carbocycles. The lowest BCUT2D eigenvalue weighted by molar-refractivity contribution is -0.122. The van der Waals surface area contributed by atoms with Crippen LogP contribution < -0.4 is 0 Å². The minimum Gasteiger partial charge on any atom is -0.298 e. The minimum absolute atomic E-state index is 0.220. The van der Waals surface area contributed by atoms with Gasteiger partial charge in [-0.15, -0.1) is 0 Å². The third kappa shape index (κ3) is 1.00. The molecule has 0 saturated heterocycles. The van der Waals surface area contributed by atoms with Gasteiger partial charge in [0.1, 0.15) is 5.78 Å². The van der Waals surface area contributed by atoms with Crippen molar-refractivity contribution in [3.63, 3.8) is 0 Å². The summed E-state index contributed by atoms with van der Waals surface area (Å²) in [6.45, 7) is 6.58. The molecule has 0 aromatic heterocycles. The lowest BCUT2D eigenvalue weighted by Crippen LogP contribution is -2.32. The molecule has 2 rings (SSSR count). The molecule has 2 aliphatic rings. The van der Waals surface area contributed by atoms with E-state index in [0.717, 1.165) is 18.8 Å². The molecule has 12 heavy (non-hydrogen) atoms. The van der Waals surface area contributed by atoms with Crippen molar-refractivity contribution >= 4 is 21.7 Å². The van der Waals surface area contributed by atoms with Gasteiger partial charge in [-0.2, -0.15) is 0 Å². The number of Topliss-reactive ketones (excluding diaryl/α,β-unsaturated/α-hetero) is 1. The highest BCUT2D eigenvalue weighted by Crippen LogP contribution is 2.66. The van der Waals surface area contributed by atoms with Crippen LogP contribution in [-0.4, -0.2) is 10.1 Å². The highest BCUT2D eigenvalue weighted by Gasteiger charge is 2.63. The molecule has 3 unspecified atom stereocenters. The molecule has 1 nitrogen and oxygen atoms in total. The quantitative estimate of drug-likeness (QED) is 0.586. The Balaban J connectivity index is 2.19. The summed E-state index contributed by atoms with van der Waals surface area (Å²) in [4.78, 5) is 11.6. The van der Waals surface area contributed by atoms with Crippen LogP contribution in [0.3, 0.4) is 0 Å². The van der Waals surface area contributed by atoms with Crippen molar-refractivity contribution in [1.29, 1.82) is 0 Å². The average molecular weight is 231 g/mol. The first kappa shape index (κ1) is 8.74. The van der Waals surface area contributed by atoms with Gasteiger partial charge in [0, 0.05) is 6.42 Å². The Morgan fingerprint density at radius 3 is 2.42 bits per heavy atom. The van der Waals surface area contributed by atoms with Crippen molar-refractivity contribution in [3.8, 4) is 0 Å². The molecule has 0 N–H and O–H groups in total. The molecule has 68 valence electrons. The predicted molar refractivity (Wildman–Crippen MR) is 52.3 cm³/mol. The number of ketones is 1. The summed E-state index contributed by atoms with van der Waals surface area (Å²) in [5.41, 5.74) is 0.432. The molecule has 0 aliphatic heterocycles. The van der Waals surface area contributed by atoms with Crippen LogP contribution >= 0.6 is 15.9 Å². The van der Waals surface area contributed by atoms with Gasteiger partial charge >= 0.3 is 0 Å². The molecule has 0 heterocycles. The number of carbonyl (C=O) groups excluding carboxylic acids is 1. The normalized spacial score (nSPS) is 50.2. The summed E-state index contributed by atoms with van der Waals surface area (Å²) in [5.74, 6) is 1.85. The zero-order valence-corrected chi connectivity index (χ0v) is 9.44. The first-order valence-corrected chi connectivity index (χ1v) is 5.37. The maximum atomic E-state index is 11.6. The van der Waals surface area contributed by atoms with E-state index in [1.54, 1.807) is 0 Å². The highest BCUT2D eigenvalue weighted by molar-refractivity contribution is 9.10. The number of carbonyl (C=O) groups is 1. The number of rotatable bonds is 0. The van der Waals surface area contributed by atoms with E-state index in [1.807, 2.05) is 6.92 Å². The van der Waals surface area contributed by atoms with Crippen molar-refractivity contribution < 1.29 is 4.79 Å². The van der Waals surface area contributed by atoms with Gasteiger partial charge < -0.3 is 0 Å². The standard InChI is InChI=1S/C10H15BrO/c1-9(2)6-4-8(12)10(3,11)5-7(6)9/h6-7H,4-5H2,1-3H3. The smallest absolute Gasteiger partial charge is 0.149 e. The molecule has 0 bridgehead atoms. The molecule has 2 fully saturated rings. The molecular weight excluding hydrogens is 216 g/mol. The maximum Gasteiger partial charge on any atom is 0.149 e. The van der Waals surface area contributed by atoms with Crippen LogP contribution in [0.15, 0.2) is 0 Å². The van der Waals surface area contributed by atoms with Gasteiger partial charge in [0.05, 0.1) is 4.32 Å². The predicted octanol–water partition coefficient (Wildman–Crippen LogP) is 2.78. The lowest BCUT2D eigenvalue weighted by Gasteiger charge is -2.24. The van der Waals surface area contributed by atoms with E-state index >= 15 is 0 Å². The van der Waals surface area contributed by atoms with E-state index in [0.29, 0.717) is 17.1 Å². The highest BCUT2D eigenvalue weighted by atomic mass is 79.9. The van der Waals surface area contributed by atoms with Crippen LogP contribution in [0.25, 0.3) is 0 Å². The second-order valence-corrected chi connectivity index (χ2v) is 6.81. The van der Waals surface area contributed by atoms with Crippen LogP contribution in [-0.2, 0) is 4.79 Å². The number of alkyl halides is 1. The molecule has 0 radical (unpaired) electrons. The van der Waals surface area contributed by atoms with Crippen LogP contribution in [0.5, 0.6) is 0 Å². The minimum atomic E-state index is -0.220. The summed E-state index contributed by atoms with van der Waals surface area (Å²) < 4.78 is -0.220. The molecule has 3 atom stereocenters. The van der Waals surface area contributed by atoms with Gasteiger partial charge in [-0.3, -0.25) is 4.79 Å². The van der Waals surface area contributed by atoms with E-state index in [4.69, 9.17) is 0 Å². The Hall–Kier alpha value is 0.150. The summed E-state index contributed by atoms with van der Waals surface area (Å²) in [5, 5.41) is 0. The van der Waals surface area contributed by atoms with Gasteiger partial charge in [-0.1, -0.05) is 29.8 Å². The topological polar surface area (TPSA) is 17.1 Å². The van der Waals surface area contributed by atoms with E-state index in [2.05, 4.69) is 29.8 Å². The van der Waals surface area contributed by atoms with E-state index in [9.17, 15) is 4.79 Å². The van der Waals surface area contributed by atoms with Crippen LogP contribution in [0.2, 0.25) is 0 Å². The number of hydrogen-bond donors (Lipinski definition) is 0. The van der Waals surface area contributed by atoms with Crippen molar-refractivity contribution in [3.05, 3.63) is 0 Å². The number of halogens is 1. The molecular formula is C10H15BrO. The zero-order chi connectivity index (χ0) is 9.15. The van der Waals surface area contributed by atoms with Gasteiger partial charge in [0.2, 0.25) is 0 Å². The van der Waals surface area contributed by atoms with Crippen molar-refractivity contribution in [2.45, 2.75) is 37.9 Å². The Morgan fingerprint density at radius 1 is 1.33 bits per heavy atom. The van der Waals surface area contributed by atoms with E-state index in [1.165, 1.54) is 0 Å². The van der Waals surface area contributed by atoms with E-state index in [-0.39, 0.29) is 4.32 Å². The van der Waals surface area contributed by atoms with Crippen LogP contribution in [0.1, 0.15) is 33.6 Å². The molecule has 0 aromatic carbocycles. The number of hydrogen-bond acceptors (Lipinski definition) is 1.